The second-order valence-corrected chi connectivity index (χ2v) is 7.39. The SMILES string of the molecule is Cn1c2ccccc2c2cc(C(=O)c3ccccc3)cc(C(=O)c3ccccc3)c21. The van der Waals surface area contributed by atoms with Crippen LogP contribution in [0.4, 0.5) is 0 Å². The van der Waals surface area contributed by atoms with Crippen LogP contribution in [0.3, 0.4) is 0 Å². The van der Waals surface area contributed by atoms with Crippen LogP contribution in [0, 0.1) is 0 Å². The summed E-state index contributed by atoms with van der Waals surface area (Å²) in [6.07, 6.45) is 0. The zero-order valence-electron chi connectivity index (χ0n) is 16.5. The van der Waals surface area contributed by atoms with Crippen LogP contribution in [-0.2, 0) is 7.05 Å². The number of hydrogen-bond acceptors (Lipinski definition) is 2. The highest BCUT2D eigenvalue weighted by Gasteiger charge is 2.21. The van der Waals surface area contributed by atoms with Crippen LogP contribution in [0.2, 0.25) is 0 Å². The fourth-order valence-corrected chi connectivity index (χ4v) is 4.12. The lowest BCUT2D eigenvalue weighted by atomic mass is 9.94. The highest BCUT2D eigenvalue weighted by molar-refractivity contribution is 6.23. The molecule has 0 amide bonds. The number of aryl methyl sites for hydroxylation is 1. The molecule has 4 aromatic carbocycles. The Balaban J connectivity index is 1.82. The molecule has 30 heavy (non-hydrogen) atoms. The molecule has 0 aliphatic carbocycles. The number of ketones is 2. The highest BCUT2D eigenvalue weighted by atomic mass is 16.1. The van der Waals surface area contributed by atoms with Crippen LogP contribution in [0.1, 0.15) is 31.8 Å². The van der Waals surface area contributed by atoms with Crippen molar-refractivity contribution in [1.82, 2.24) is 4.57 Å². The highest BCUT2D eigenvalue weighted by Crippen LogP contribution is 2.33. The van der Waals surface area contributed by atoms with Gasteiger partial charge in [-0.3, -0.25) is 9.59 Å². The smallest absolute Gasteiger partial charge is 0.195 e. The summed E-state index contributed by atoms with van der Waals surface area (Å²) in [5, 5.41) is 1.94. The third-order valence-electron chi connectivity index (χ3n) is 5.58. The maximum absolute atomic E-state index is 13.5. The van der Waals surface area contributed by atoms with Crippen molar-refractivity contribution >= 4 is 33.4 Å². The summed E-state index contributed by atoms with van der Waals surface area (Å²) in [7, 11) is 1.96. The quantitative estimate of drug-likeness (QED) is 0.365. The standard InChI is InChI=1S/C27H19NO2/c1-28-24-15-9-8-14-21(24)22-16-20(26(29)18-10-4-2-5-11-18)17-23(25(22)28)27(30)19-12-6-3-7-13-19/h2-17H,1H3. The molecule has 1 heterocycles. The van der Waals surface area contributed by atoms with Gasteiger partial charge < -0.3 is 4.57 Å². The molecule has 5 rings (SSSR count). The summed E-state index contributed by atoms with van der Waals surface area (Å²) >= 11 is 0. The first-order valence-electron chi connectivity index (χ1n) is 9.86. The van der Waals surface area contributed by atoms with E-state index in [1.54, 1.807) is 18.2 Å². The molecule has 0 radical (unpaired) electrons. The third kappa shape index (κ3) is 2.83. The average Bonchev–Trinajstić information content (AvgIpc) is 3.11. The van der Waals surface area contributed by atoms with E-state index in [1.165, 1.54) is 0 Å². The summed E-state index contributed by atoms with van der Waals surface area (Å²) < 4.78 is 2.04. The molecular formula is C27H19NO2. The Morgan fingerprint density at radius 2 is 1.17 bits per heavy atom. The summed E-state index contributed by atoms with van der Waals surface area (Å²) in [6.45, 7) is 0. The first-order chi connectivity index (χ1) is 14.6. The van der Waals surface area contributed by atoms with Crippen molar-refractivity contribution in [2.45, 2.75) is 0 Å². The third-order valence-corrected chi connectivity index (χ3v) is 5.58. The first-order valence-corrected chi connectivity index (χ1v) is 9.86. The fourth-order valence-electron chi connectivity index (χ4n) is 4.12. The van der Waals surface area contributed by atoms with Gasteiger partial charge in [0.05, 0.1) is 5.52 Å². The minimum atomic E-state index is -0.0902. The van der Waals surface area contributed by atoms with Crippen molar-refractivity contribution in [1.29, 1.82) is 0 Å². The van der Waals surface area contributed by atoms with Gasteiger partial charge in [0.25, 0.3) is 0 Å². The predicted octanol–water partition coefficient (Wildman–Crippen LogP) is 5.79. The normalized spacial score (nSPS) is 11.1. The van der Waals surface area contributed by atoms with Gasteiger partial charge in [0.2, 0.25) is 0 Å². The zero-order valence-corrected chi connectivity index (χ0v) is 16.5. The van der Waals surface area contributed by atoms with Gasteiger partial charge in [0.1, 0.15) is 0 Å². The number of nitrogens with zero attached hydrogens (tertiary/aromatic N) is 1. The van der Waals surface area contributed by atoms with Crippen LogP contribution < -0.4 is 0 Å². The maximum atomic E-state index is 13.5. The molecule has 0 bridgehead atoms. The van der Waals surface area contributed by atoms with E-state index in [4.69, 9.17) is 0 Å². The molecule has 0 aliphatic rings. The fraction of sp³-hybridized carbons (Fsp3) is 0.0370. The largest absolute Gasteiger partial charge is 0.343 e. The molecule has 1 aromatic heterocycles. The lowest BCUT2D eigenvalue weighted by Gasteiger charge is -2.09. The van der Waals surface area contributed by atoms with Crippen molar-refractivity contribution < 1.29 is 9.59 Å². The van der Waals surface area contributed by atoms with Crippen molar-refractivity contribution in [3.63, 3.8) is 0 Å². The zero-order chi connectivity index (χ0) is 20.7. The summed E-state index contributed by atoms with van der Waals surface area (Å²) in [6, 6.07) is 30.1. The van der Waals surface area contributed by atoms with E-state index in [-0.39, 0.29) is 11.6 Å². The number of benzene rings is 4. The van der Waals surface area contributed by atoms with Gasteiger partial charge in [0.15, 0.2) is 11.6 Å². The van der Waals surface area contributed by atoms with Crippen molar-refractivity contribution in [3.8, 4) is 0 Å². The maximum Gasteiger partial charge on any atom is 0.195 e. The minimum Gasteiger partial charge on any atom is -0.343 e. The van der Waals surface area contributed by atoms with Crippen molar-refractivity contribution in [2.75, 3.05) is 0 Å². The topological polar surface area (TPSA) is 39.1 Å². The molecule has 0 saturated heterocycles. The molecule has 0 aliphatic heterocycles. The number of rotatable bonds is 4. The molecule has 0 atom stereocenters. The molecule has 3 heteroatoms. The molecule has 0 saturated carbocycles. The number of carbonyl (C=O) groups excluding carboxylic acids is 2. The Bertz CT molecular complexity index is 1410. The number of carbonyl (C=O) groups is 2. The van der Waals surface area contributed by atoms with E-state index in [0.717, 1.165) is 21.8 Å². The van der Waals surface area contributed by atoms with Gasteiger partial charge in [-0.1, -0.05) is 78.9 Å². The summed E-state index contributed by atoms with van der Waals surface area (Å²) in [5.41, 5.74) is 4.14. The van der Waals surface area contributed by atoms with Gasteiger partial charge in [-0.05, 0) is 18.2 Å². The van der Waals surface area contributed by atoms with E-state index in [2.05, 4.69) is 0 Å². The Labute approximate surface area is 174 Å². The molecule has 0 spiro atoms. The number of aromatic nitrogens is 1. The molecule has 144 valence electrons. The van der Waals surface area contributed by atoms with Gasteiger partial charge >= 0.3 is 0 Å². The lowest BCUT2D eigenvalue weighted by Crippen LogP contribution is -2.08. The molecule has 0 unspecified atom stereocenters. The molecule has 5 aromatic rings. The van der Waals surface area contributed by atoms with Crippen LogP contribution in [-0.4, -0.2) is 16.1 Å². The van der Waals surface area contributed by atoms with E-state index in [9.17, 15) is 9.59 Å². The minimum absolute atomic E-state index is 0.0887. The van der Waals surface area contributed by atoms with Crippen LogP contribution in [0.5, 0.6) is 0 Å². The van der Waals surface area contributed by atoms with Gasteiger partial charge in [-0.25, -0.2) is 0 Å². The van der Waals surface area contributed by atoms with Crippen LogP contribution in [0.25, 0.3) is 21.8 Å². The van der Waals surface area contributed by atoms with Gasteiger partial charge in [0, 0.05) is 45.6 Å². The Kier molecular flexibility index (Phi) is 4.29. The Hall–Kier alpha value is -3.98. The predicted molar refractivity (Wildman–Crippen MR) is 120 cm³/mol. The van der Waals surface area contributed by atoms with E-state index < -0.39 is 0 Å². The molecule has 3 nitrogen and oxygen atoms in total. The van der Waals surface area contributed by atoms with Crippen molar-refractivity contribution in [2.24, 2.45) is 7.05 Å². The number of fused-ring (bicyclic) bond motifs is 3. The van der Waals surface area contributed by atoms with Crippen molar-refractivity contribution in [3.05, 3.63) is 119 Å². The van der Waals surface area contributed by atoms with Gasteiger partial charge in [-0.15, -0.1) is 0 Å². The van der Waals surface area contributed by atoms with Crippen LogP contribution >= 0.6 is 0 Å². The molecular weight excluding hydrogens is 370 g/mol. The van der Waals surface area contributed by atoms with E-state index in [1.807, 2.05) is 90.5 Å². The Morgan fingerprint density at radius 1 is 0.600 bits per heavy atom. The van der Waals surface area contributed by atoms with E-state index >= 15 is 0 Å². The van der Waals surface area contributed by atoms with Crippen LogP contribution in [0.15, 0.2) is 97.1 Å². The second-order valence-electron chi connectivity index (χ2n) is 7.39. The monoisotopic (exact) mass is 389 g/mol. The van der Waals surface area contributed by atoms with E-state index in [0.29, 0.717) is 22.3 Å². The summed E-state index contributed by atoms with van der Waals surface area (Å²) in [4.78, 5) is 26.7. The van der Waals surface area contributed by atoms with Gasteiger partial charge in [-0.2, -0.15) is 0 Å². The Morgan fingerprint density at radius 3 is 1.83 bits per heavy atom. The summed E-state index contributed by atoms with van der Waals surface area (Å²) in [5.74, 6) is -0.179. The second kappa shape index (κ2) is 7.12. The lowest BCUT2D eigenvalue weighted by molar-refractivity contribution is 0.103. The molecule has 0 fully saturated rings. The molecule has 0 N–H and O–H groups in total. The average molecular weight is 389 g/mol. The number of para-hydroxylation sites is 1. The number of hydrogen-bond donors (Lipinski definition) is 0. The first kappa shape index (κ1) is 18.1.